The number of aryl methyl sites for hydroxylation is 1. The predicted molar refractivity (Wildman–Crippen MR) is 127 cm³/mol. The molecule has 2 atom stereocenters. The molecular weight excluding hydrogens is 446 g/mol. The van der Waals surface area contributed by atoms with Crippen LogP contribution in [0.5, 0.6) is 5.75 Å². The number of amides is 1. The minimum absolute atomic E-state index is 0.131. The topological polar surface area (TPSA) is 132 Å². The van der Waals surface area contributed by atoms with E-state index >= 15 is 0 Å². The van der Waals surface area contributed by atoms with Crippen LogP contribution in [0.3, 0.4) is 0 Å². The van der Waals surface area contributed by atoms with Gasteiger partial charge in [0.25, 0.3) is 11.7 Å². The number of nitrogens with two attached hydrogens (primary N) is 1. The van der Waals surface area contributed by atoms with Gasteiger partial charge >= 0.3 is 0 Å². The number of Topliss-reactive ketones (excluding diaryl/α,β-unsaturated/α-hetero) is 1. The van der Waals surface area contributed by atoms with Crippen LogP contribution in [0.1, 0.15) is 62.9 Å². The molecule has 4 aromatic rings. The summed E-state index contributed by atoms with van der Waals surface area (Å²) in [6.45, 7) is 5.80. The zero-order chi connectivity index (χ0) is 24.7. The van der Waals surface area contributed by atoms with Crippen LogP contribution < -0.4 is 15.8 Å². The number of aromatic nitrogens is 3. The fourth-order valence-corrected chi connectivity index (χ4v) is 5.20. The molecule has 1 aliphatic carbocycles. The average molecular weight is 470 g/mol. The SMILES string of the molecule is Cc1c(C(=O)NC23C(=O)c4c(N)cccc4C2(O)Oc2cc(C(C)C)ccc23)cnc2ccnn12. The lowest BCUT2D eigenvalue weighted by molar-refractivity contribution is -0.169. The number of hydrogen-bond acceptors (Lipinski definition) is 7. The van der Waals surface area contributed by atoms with Crippen molar-refractivity contribution in [3.05, 3.63) is 88.4 Å². The van der Waals surface area contributed by atoms with E-state index in [1.165, 1.54) is 10.7 Å². The number of aliphatic hydroxyl groups is 1. The van der Waals surface area contributed by atoms with Gasteiger partial charge in [0.05, 0.1) is 23.0 Å². The summed E-state index contributed by atoms with van der Waals surface area (Å²) in [6.07, 6.45) is 3.01. The largest absolute Gasteiger partial charge is 0.454 e. The number of hydrogen-bond donors (Lipinski definition) is 3. The predicted octanol–water partition coefficient (Wildman–Crippen LogP) is 2.80. The van der Waals surface area contributed by atoms with Gasteiger partial charge < -0.3 is 20.9 Å². The molecule has 9 nitrogen and oxygen atoms in total. The second-order valence-corrected chi connectivity index (χ2v) is 9.32. The molecule has 0 saturated carbocycles. The van der Waals surface area contributed by atoms with Crippen LogP contribution in [0.2, 0.25) is 0 Å². The number of benzene rings is 2. The number of fused-ring (bicyclic) bond motifs is 6. The maximum absolute atomic E-state index is 14.1. The Morgan fingerprint density at radius 2 is 2.00 bits per heavy atom. The highest BCUT2D eigenvalue weighted by molar-refractivity contribution is 6.16. The van der Waals surface area contributed by atoms with Crippen LogP contribution in [0, 0.1) is 6.92 Å². The quantitative estimate of drug-likeness (QED) is 0.393. The van der Waals surface area contributed by atoms with Crippen molar-refractivity contribution in [2.75, 3.05) is 5.73 Å². The first-order chi connectivity index (χ1) is 16.7. The highest BCUT2D eigenvalue weighted by Crippen LogP contribution is 2.59. The number of ketones is 1. The maximum Gasteiger partial charge on any atom is 0.271 e. The lowest BCUT2D eigenvalue weighted by Gasteiger charge is -2.34. The maximum atomic E-state index is 14.1. The molecule has 176 valence electrons. The molecule has 2 aliphatic rings. The summed E-state index contributed by atoms with van der Waals surface area (Å²) in [5, 5.41) is 19.1. The third kappa shape index (κ3) is 2.55. The van der Waals surface area contributed by atoms with Gasteiger partial charge in [-0.25, -0.2) is 9.50 Å². The van der Waals surface area contributed by atoms with Crippen LogP contribution in [-0.4, -0.2) is 31.4 Å². The van der Waals surface area contributed by atoms with Gasteiger partial charge in [-0.05, 0) is 30.5 Å². The number of anilines is 1. The van der Waals surface area contributed by atoms with Crippen molar-refractivity contribution >= 4 is 23.0 Å². The Morgan fingerprint density at radius 1 is 1.20 bits per heavy atom. The molecule has 0 spiro atoms. The van der Waals surface area contributed by atoms with Crippen LogP contribution in [-0.2, 0) is 11.3 Å². The minimum atomic E-state index is -2.18. The zero-order valence-electron chi connectivity index (χ0n) is 19.4. The van der Waals surface area contributed by atoms with Crippen molar-refractivity contribution in [2.45, 2.75) is 38.0 Å². The van der Waals surface area contributed by atoms with Gasteiger partial charge in [0.2, 0.25) is 11.3 Å². The Bertz CT molecular complexity index is 1580. The van der Waals surface area contributed by atoms with Crippen molar-refractivity contribution in [2.24, 2.45) is 0 Å². The van der Waals surface area contributed by atoms with Crippen molar-refractivity contribution in [3.63, 3.8) is 0 Å². The summed E-state index contributed by atoms with van der Waals surface area (Å²) in [4.78, 5) is 32.0. The van der Waals surface area contributed by atoms with E-state index in [4.69, 9.17) is 10.5 Å². The summed E-state index contributed by atoms with van der Waals surface area (Å²) < 4.78 is 7.66. The third-order valence-corrected chi connectivity index (χ3v) is 7.07. The lowest BCUT2D eigenvalue weighted by Crippen LogP contribution is -2.60. The molecule has 4 N–H and O–H groups in total. The van der Waals surface area contributed by atoms with Crippen molar-refractivity contribution in [1.82, 2.24) is 19.9 Å². The van der Waals surface area contributed by atoms with E-state index in [9.17, 15) is 14.7 Å². The molecule has 1 aliphatic heterocycles. The monoisotopic (exact) mass is 469 g/mol. The molecule has 6 rings (SSSR count). The first-order valence-corrected chi connectivity index (χ1v) is 11.3. The molecular formula is C26H23N5O4. The van der Waals surface area contributed by atoms with Gasteiger partial charge in [-0.3, -0.25) is 9.59 Å². The Labute approximate surface area is 200 Å². The number of nitrogen functional groups attached to an aromatic ring is 1. The molecule has 0 bridgehead atoms. The summed E-state index contributed by atoms with van der Waals surface area (Å²) in [7, 11) is 0. The molecule has 35 heavy (non-hydrogen) atoms. The summed E-state index contributed by atoms with van der Waals surface area (Å²) in [5.74, 6) is -2.80. The van der Waals surface area contributed by atoms with Crippen LogP contribution >= 0.6 is 0 Å². The van der Waals surface area contributed by atoms with Crippen LogP contribution in [0.4, 0.5) is 5.69 Å². The number of nitrogens with zero attached hydrogens (tertiary/aromatic N) is 3. The van der Waals surface area contributed by atoms with E-state index in [0.29, 0.717) is 22.7 Å². The standard InChI is InChI=1S/C26H23N5O4/c1-13(2)15-7-8-17-20(11-15)35-26(34)18-5-4-6-19(27)22(18)23(32)25(17,26)30-24(33)16-12-28-21-9-10-29-31(21)14(16)3/h4-13,34H,27H2,1-3H3,(H,30,33). The van der Waals surface area contributed by atoms with E-state index in [0.717, 1.165) is 5.56 Å². The van der Waals surface area contributed by atoms with Gasteiger partial charge in [-0.15, -0.1) is 0 Å². The molecule has 0 fully saturated rings. The first-order valence-electron chi connectivity index (χ1n) is 11.3. The molecule has 1 amide bonds. The smallest absolute Gasteiger partial charge is 0.271 e. The Balaban J connectivity index is 1.56. The first kappa shape index (κ1) is 21.3. The number of carbonyl (C=O) groups excluding carboxylic acids is 2. The fourth-order valence-electron chi connectivity index (χ4n) is 5.20. The van der Waals surface area contributed by atoms with Gasteiger partial charge in [0.15, 0.2) is 5.65 Å². The van der Waals surface area contributed by atoms with Gasteiger partial charge in [-0.2, -0.15) is 5.10 Å². The molecule has 0 saturated heterocycles. The number of ether oxygens (including phenoxy) is 1. The van der Waals surface area contributed by atoms with E-state index < -0.39 is 23.0 Å². The van der Waals surface area contributed by atoms with Gasteiger partial charge in [0, 0.05) is 29.1 Å². The molecule has 2 aromatic carbocycles. The number of nitrogens with one attached hydrogen (secondary N) is 1. The lowest BCUT2D eigenvalue weighted by atomic mass is 9.82. The normalized spacial score (nSPS) is 22.1. The van der Waals surface area contributed by atoms with Gasteiger partial charge in [-0.1, -0.05) is 38.1 Å². The zero-order valence-corrected chi connectivity index (χ0v) is 19.4. The van der Waals surface area contributed by atoms with Crippen LogP contribution in [0.25, 0.3) is 5.65 Å². The molecule has 2 aromatic heterocycles. The highest BCUT2D eigenvalue weighted by atomic mass is 16.6. The molecule has 9 heteroatoms. The van der Waals surface area contributed by atoms with Crippen molar-refractivity contribution in [3.8, 4) is 5.75 Å². The van der Waals surface area contributed by atoms with E-state index in [-0.39, 0.29) is 28.3 Å². The third-order valence-electron chi connectivity index (χ3n) is 7.07. The summed E-state index contributed by atoms with van der Waals surface area (Å²) in [5.41, 5.74) is 7.44. The average Bonchev–Trinajstić information content (AvgIpc) is 3.45. The van der Waals surface area contributed by atoms with E-state index in [1.54, 1.807) is 49.5 Å². The van der Waals surface area contributed by atoms with Crippen LogP contribution in [0.15, 0.2) is 54.9 Å². The molecule has 3 heterocycles. The van der Waals surface area contributed by atoms with Crippen molar-refractivity contribution in [1.29, 1.82) is 0 Å². The van der Waals surface area contributed by atoms with Crippen molar-refractivity contribution < 1.29 is 19.4 Å². The fraction of sp³-hybridized carbons (Fsp3) is 0.231. The van der Waals surface area contributed by atoms with E-state index in [1.807, 2.05) is 19.9 Å². The Kier molecular flexibility index (Phi) is 4.20. The van der Waals surface area contributed by atoms with Gasteiger partial charge in [0.1, 0.15) is 5.75 Å². The molecule has 2 unspecified atom stereocenters. The number of rotatable bonds is 3. The highest BCUT2D eigenvalue weighted by Gasteiger charge is 2.72. The molecule has 0 radical (unpaired) electrons. The summed E-state index contributed by atoms with van der Waals surface area (Å²) in [6, 6.07) is 11.9. The number of carbonyl (C=O) groups is 2. The second kappa shape index (κ2) is 6.89. The second-order valence-electron chi connectivity index (χ2n) is 9.32. The van der Waals surface area contributed by atoms with E-state index in [2.05, 4.69) is 15.4 Å². The summed E-state index contributed by atoms with van der Waals surface area (Å²) >= 11 is 0. The Hall–Kier alpha value is -4.24. The Morgan fingerprint density at radius 3 is 2.77 bits per heavy atom. The minimum Gasteiger partial charge on any atom is -0.454 e.